The van der Waals surface area contributed by atoms with Crippen molar-refractivity contribution in [2.45, 2.75) is 19.8 Å². The number of hydrogen-bond acceptors (Lipinski definition) is 6. The topological polar surface area (TPSA) is 69.7 Å². The maximum absolute atomic E-state index is 11.4. The fourth-order valence-corrected chi connectivity index (χ4v) is 2.17. The number of carbonyl (C=O) groups excluding carboxylic acids is 1. The average molecular weight is 344 g/mol. The van der Waals surface area contributed by atoms with Crippen LogP contribution in [0.1, 0.15) is 18.9 Å². The minimum absolute atomic E-state index is 0.175. The number of benzene rings is 1. The third kappa shape index (κ3) is 6.81. The molecule has 0 aliphatic carbocycles. The number of anilines is 1. The van der Waals surface area contributed by atoms with Crippen LogP contribution in [0.3, 0.4) is 0 Å². The standard InChI is InChI=1S/C19H24N2O4/c1-3-24-19(22)11-6-15-4-8-17(9-5-15)25-18-10-7-16(14-21-18)20-12-13-23-2/h4-5,7-10,14,20H,3,6,11-13H2,1-2H3. The van der Waals surface area contributed by atoms with E-state index in [2.05, 4.69) is 10.3 Å². The molecular weight excluding hydrogens is 320 g/mol. The van der Waals surface area contributed by atoms with Crippen molar-refractivity contribution in [1.29, 1.82) is 0 Å². The Morgan fingerprint density at radius 2 is 1.96 bits per heavy atom. The van der Waals surface area contributed by atoms with Crippen LogP contribution in [0.25, 0.3) is 0 Å². The highest BCUT2D eigenvalue weighted by Gasteiger charge is 2.04. The number of nitrogens with one attached hydrogen (secondary N) is 1. The Morgan fingerprint density at radius 1 is 1.16 bits per heavy atom. The van der Waals surface area contributed by atoms with Gasteiger partial charge in [-0.25, -0.2) is 4.98 Å². The number of carbonyl (C=O) groups is 1. The average Bonchev–Trinajstić information content (AvgIpc) is 2.63. The first-order chi connectivity index (χ1) is 12.2. The zero-order valence-electron chi connectivity index (χ0n) is 14.7. The largest absolute Gasteiger partial charge is 0.466 e. The van der Waals surface area contributed by atoms with Crippen LogP contribution in [0.15, 0.2) is 42.6 Å². The van der Waals surface area contributed by atoms with Gasteiger partial charge in [-0.2, -0.15) is 0 Å². The Labute approximate surface area is 148 Å². The summed E-state index contributed by atoms with van der Waals surface area (Å²) in [5.41, 5.74) is 1.98. The van der Waals surface area contributed by atoms with E-state index in [-0.39, 0.29) is 5.97 Å². The lowest BCUT2D eigenvalue weighted by Gasteiger charge is -2.08. The molecule has 0 fully saturated rings. The Balaban J connectivity index is 1.83. The quantitative estimate of drug-likeness (QED) is 0.526. The number of methoxy groups -OCH3 is 1. The van der Waals surface area contributed by atoms with Gasteiger partial charge >= 0.3 is 5.97 Å². The second kappa shape index (κ2) is 10.3. The second-order valence-electron chi connectivity index (χ2n) is 5.36. The van der Waals surface area contributed by atoms with E-state index in [0.29, 0.717) is 37.7 Å². The molecule has 0 radical (unpaired) electrons. The first-order valence-corrected chi connectivity index (χ1v) is 8.32. The van der Waals surface area contributed by atoms with E-state index in [0.717, 1.165) is 17.8 Å². The van der Waals surface area contributed by atoms with E-state index in [1.54, 1.807) is 20.2 Å². The van der Waals surface area contributed by atoms with Crippen LogP contribution < -0.4 is 10.1 Å². The fraction of sp³-hybridized carbons (Fsp3) is 0.368. The summed E-state index contributed by atoms with van der Waals surface area (Å²) < 4.78 is 15.6. The van der Waals surface area contributed by atoms with Crippen molar-refractivity contribution in [3.05, 3.63) is 48.2 Å². The van der Waals surface area contributed by atoms with Gasteiger partial charge in [0.2, 0.25) is 5.88 Å². The van der Waals surface area contributed by atoms with E-state index in [9.17, 15) is 4.79 Å². The summed E-state index contributed by atoms with van der Waals surface area (Å²) in [4.78, 5) is 15.6. The molecular formula is C19H24N2O4. The van der Waals surface area contributed by atoms with E-state index >= 15 is 0 Å². The molecule has 6 heteroatoms. The number of aryl methyl sites for hydroxylation is 1. The first-order valence-electron chi connectivity index (χ1n) is 8.32. The Hall–Kier alpha value is -2.60. The lowest BCUT2D eigenvalue weighted by atomic mass is 10.1. The summed E-state index contributed by atoms with van der Waals surface area (Å²) in [6, 6.07) is 11.3. The van der Waals surface area contributed by atoms with Gasteiger partial charge in [0.1, 0.15) is 5.75 Å². The smallest absolute Gasteiger partial charge is 0.306 e. The van der Waals surface area contributed by atoms with Gasteiger partial charge < -0.3 is 19.5 Å². The summed E-state index contributed by atoms with van der Waals surface area (Å²) in [7, 11) is 1.67. The zero-order chi connectivity index (χ0) is 17.9. The number of nitrogens with zero attached hydrogens (tertiary/aromatic N) is 1. The molecule has 25 heavy (non-hydrogen) atoms. The summed E-state index contributed by atoms with van der Waals surface area (Å²) in [6.45, 7) is 3.59. The lowest BCUT2D eigenvalue weighted by molar-refractivity contribution is -0.143. The van der Waals surface area contributed by atoms with Crippen molar-refractivity contribution < 1.29 is 19.0 Å². The number of ether oxygens (including phenoxy) is 3. The Bertz CT molecular complexity index is 641. The van der Waals surface area contributed by atoms with E-state index in [1.807, 2.05) is 36.4 Å². The molecule has 1 aromatic heterocycles. The van der Waals surface area contributed by atoms with Gasteiger partial charge in [0, 0.05) is 26.1 Å². The van der Waals surface area contributed by atoms with Gasteiger partial charge in [-0.15, -0.1) is 0 Å². The highest BCUT2D eigenvalue weighted by molar-refractivity contribution is 5.69. The second-order valence-corrected chi connectivity index (χ2v) is 5.36. The molecule has 1 aromatic carbocycles. The predicted octanol–water partition coefficient (Wildman–Crippen LogP) is 3.43. The van der Waals surface area contributed by atoms with Crippen LogP contribution in [-0.2, 0) is 20.7 Å². The minimum atomic E-state index is -0.175. The van der Waals surface area contributed by atoms with E-state index < -0.39 is 0 Å². The molecule has 0 aliphatic rings. The summed E-state index contributed by atoms with van der Waals surface area (Å²) >= 11 is 0. The summed E-state index contributed by atoms with van der Waals surface area (Å²) in [6.07, 6.45) is 2.76. The van der Waals surface area contributed by atoms with E-state index in [4.69, 9.17) is 14.2 Å². The SMILES string of the molecule is CCOC(=O)CCc1ccc(Oc2ccc(NCCOC)cn2)cc1. The summed E-state index contributed by atoms with van der Waals surface area (Å²) in [5, 5.41) is 3.20. The highest BCUT2D eigenvalue weighted by Crippen LogP contribution is 2.21. The van der Waals surface area contributed by atoms with Crippen LogP contribution in [0, 0.1) is 0 Å². The fourth-order valence-electron chi connectivity index (χ4n) is 2.17. The number of pyridine rings is 1. The van der Waals surface area contributed by atoms with E-state index in [1.165, 1.54) is 0 Å². The van der Waals surface area contributed by atoms with Crippen molar-refractivity contribution in [2.24, 2.45) is 0 Å². The van der Waals surface area contributed by atoms with Gasteiger partial charge in [-0.1, -0.05) is 12.1 Å². The number of aromatic nitrogens is 1. The van der Waals surface area contributed by atoms with Crippen molar-refractivity contribution in [3.8, 4) is 11.6 Å². The van der Waals surface area contributed by atoms with Crippen LogP contribution in [0.4, 0.5) is 5.69 Å². The van der Waals surface area contributed by atoms with Crippen LogP contribution >= 0.6 is 0 Å². The number of hydrogen-bond donors (Lipinski definition) is 1. The third-order valence-electron chi connectivity index (χ3n) is 3.44. The molecule has 0 saturated carbocycles. The molecule has 6 nitrogen and oxygen atoms in total. The lowest BCUT2D eigenvalue weighted by Crippen LogP contribution is -2.07. The molecule has 0 bridgehead atoms. The molecule has 0 amide bonds. The molecule has 134 valence electrons. The van der Waals surface area contributed by atoms with Gasteiger partial charge in [-0.05, 0) is 37.1 Å². The normalized spacial score (nSPS) is 10.3. The molecule has 0 unspecified atom stereocenters. The van der Waals surface area contributed by atoms with Crippen molar-refractivity contribution >= 4 is 11.7 Å². The van der Waals surface area contributed by atoms with Crippen LogP contribution in [-0.4, -0.2) is 37.8 Å². The highest BCUT2D eigenvalue weighted by atomic mass is 16.5. The maximum atomic E-state index is 11.4. The minimum Gasteiger partial charge on any atom is -0.466 e. The molecule has 1 N–H and O–H groups in total. The Morgan fingerprint density at radius 3 is 2.60 bits per heavy atom. The number of esters is 1. The first kappa shape index (κ1) is 18.7. The Kier molecular flexibility index (Phi) is 7.72. The monoisotopic (exact) mass is 344 g/mol. The molecule has 0 spiro atoms. The predicted molar refractivity (Wildman–Crippen MR) is 96.1 cm³/mol. The van der Waals surface area contributed by atoms with Crippen molar-refractivity contribution in [2.75, 3.05) is 32.2 Å². The molecule has 1 heterocycles. The molecule has 0 saturated heterocycles. The third-order valence-corrected chi connectivity index (χ3v) is 3.44. The number of rotatable bonds is 10. The van der Waals surface area contributed by atoms with Gasteiger partial charge in [0.15, 0.2) is 0 Å². The van der Waals surface area contributed by atoms with Gasteiger partial charge in [0.25, 0.3) is 0 Å². The van der Waals surface area contributed by atoms with Crippen molar-refractivity contribution in [1.82, 2.24) is 4.98 Å². The molecule has 0 aliphatic heterocycles. The van der Waals surface area contributed by atoms with Gasteiger partial charge in [0.05, 0.1) is 25.1 Å². The molecule has 2 aromatic rings. The molecule has 2 rings (SSSR count). The zero-order valence-corrected chi connectivity index (χ0v) is 14.7. The summed E-state index contributed by atoms with van der Waals surface area (Å²) in [5.74, 6) is 1.05. The van der Waals surface area contributed by atoms with Gasteiger partial charge in [-0.3, -0.25) is 4.79 Å². The van der Waals surface area contributed by atoms with Crippen molar-refractivity contribution in [3.63, 3.8) is 0 Å². The maximum Gasteiger partial charge on any atom is 0.306 e. The van der Waals surface area contributed by atoms with Crippen LogP contribution in [0.5, 0.6) is 11.6 Å². The molecule has 0 atom stereocenters. The van der Waals surface area contributed by atoms with Crippen LogP contribution in [0.2, 0.25) is 0 Å².